The van der Waals surface area contributed by atoms with Crippen molar-refractivity contribution in [2.75, 3.05) is 6.61 Å². The highest BCUT2D eigenvalue weighted by atomic mass is 16.6. The molecule has 0 atom stereocenters. The number of nitrogens with zero attached hydrogens (tertiary/aromatic N) is 3. The van der Waals surface area contributed by atoms with E-state index in [1.807, 2.05) is 0 Å². The van der Waals surface area contributed by atoms with E-state index in [-0.39, 0.29) is 40.4 Å². The van der Waals surface area contributed by atoms with Gasteiger partial charge in [0.25, 0.3) is 11.4 Å². The summed E-state index contributed by atoms with van der Waals surface area (Å²) in [4.78, 5) is 34.3. The quantitative estimate of drug-likeness (QED) is 0.112. The van der Waals surface area contributed by atoms with E-state index in [1.165, 1.54) is 49.9 Å². The van der Waals surface area contributed by atoms with Crippen LogP contribution in [0.2, 0.25) is 0 Å². The maximum absolute atomic E-state index is 12.9. The Balaban J connectivity index is 1.80. The predicted molar refractivity (Wildman–Crippen MR) is 126 cm³/mol. The zero-order chi connectivity index (χ0) is 24.7. The van der Waals surface area contributed by atoms with Crippen LogP contribution in [-0.2, 0) is 4.74 Å². The number of esters is 1. The molecule has 1 aliphatic rings. The molecule has 0 saturated heterocycles. The number of non-ortho nitro benzene ring substituents is 2. The number of hydrogen-bond acceptors (Lipinski definition) is 8. The number of unbranched alkanes of at least 4 members (excludes halogenated alkanes) is 7. The maximum Gasteiger partial charge on any atom is 0.339 e. The van der Waals surface area contributed by atoms with E-state index in [0.717, 1.165) is 25.3 Å². The average molecular weight is 469 g/mol. The topological polar surface area (TPSA) is 145 Å². The first-order chi connectivity index (χ1) is 16.4. The summed E-state index contributed by atoms with van der Waals surface area (Å²) >= 11 is 0. The van der Waals surface area contributed by atoms with Crippen molar-refractivity contribution >= 4 is 23.1 Å². The van der Waals surface area contributed by atoms with E-state index >= 15 is 0 Å². The lowest BCUT2D eigenvalue weighted by molar-refractivity contribution is -0.385. The monoisotopic (exact) mass is 469 g/mol. The molecule has 2 aromatic rings. The molecule has 34 heavy (non-hydrogen) atoms. The Kier molecular flexibility index (Phi) is 8.29. The van der Waals surface area contributed by atoms with Crippen LogP contribution in [0, 0.1) is 20.2 Å². The molecule has 0 radical (unpaired) electrons. The van der Waals surface area contributed by atoms with Crippen molar-refractivity contribution in [2.24, 2.45) is 5.16 Å². The standard InChI is InChI=1S/C24H27N3O7/c1-2-3-4-5-6-7-8-9-12-34-24(28)21-15-17(27(32)33)14-20-22(21)18-11-10-16(26(30)31)13-19(18)23(20)25-29/h10-11,13-15,29H,2-9,12H2,1H3/b25-23-. The summed E-state index contributed by atoms with van der Waals surface area (Å²) in [5, 5.41) is 35.4. The first-order valence-corrected chi connectivity index (χ1v) is 11.4. The minimum absolute atomic E-state index is 0.0440. The number of nitro benzene ring substituents is 2. The highest BCUT2D eigenvalue weighted by Gasteiger charge is 2.34. The van der Waals surface area contributed by atoms with Crippen LogP contribution < -0.4 is 0 Å². The molecule has 0 bridgehead atoms. The number of nitro groups is 2. The Morgan fingerprint density at radius 2 is 1.50 bits per heavy atom. The van der Waals surface area contributed by atoms with Crippen LogP contribution in [0.25, 0.3) is 11.1 Å². The maximum atomic E-state index is 12.9. The Labute approximate surface area is 196 Å². The molecule has 0 heterocycles. The molecule has 3 rings (SSSR count). The summed E-state index contributed by atoms with van der Waals surface area (Å²) in [6.07, 6.45) is 8.65. The third kappa shape index (κ3) is 5.38. The molecule has 10 nitrogen and oxygen atoms in total. The number of carbonyl (C=O) groups is 1. The van der Waals surface area contributed by atoms with Crippen molar-refractivity contribution in [3.8, 4) is 11.1 Å². The summed E-state index contributed by atoms with van der Waals surface area (Å²) in [7, 11) is 0. The van der Waals surface area contributed by atoms with Gasteiger partial charge in [-0.05, 0) is 18.1 Å². The molecular formula is C24H27N3O7. The van der Waals surface area contributed by atoms with Crippen molar-refractivity contribution in [2.45, 2.75) is 58.3 Å². The van der Waals surface area contributed by atoms with E-state index in [1.54, 1.807) is 0 Å². The number of hydrogen-bond donors (Lipinski definition) is 1. The Morgan fingerprint density at radius 1 is 0.882 bits per heavy atom. The first kappa shape index (κ1) is 24.8. The zero-order valence-corrected chi connectivity index (χ0v) is 19.0. The third-order valence-electron chi connectivity index (χ3n) is 5.88. The Bertz CT molecular complexity index is 1130. The van der Waals surface area contributed by atoms with Crippen LogP contribution in [0.15, 0.2) is 35.5 Å². The fourth-order valence-electron chi connectivity index (χ4n) is 4.16. The van der Waals surface area contributed by atoms with Crippen LogP contribution in [-0.4, -0.2) is 33.3 Å². The predicted octanol–water partition coefficient (Wildman–Crippen LogP) is 6.01. The number of benzene rings is 2. The molecule has 0 spiro atoms. The van der Waals surface area contributed by atoms with Crippen molar-refractivity contribution < 1.29 is 24.6 Å². The van der Waals surface area contributed by atoms with Gasteiger partial charge in [0.1, 0.15) is 5.71 Å². The zero-order valence-electron chi connectivity index (χ0n) is 19.0. The molecule has 1 aliphatic carbocycles. The van der Waals surface area contributed by atoms with Gasteiger partial charge < -0.3 is 9.94 Å². The van der Waals surface area contributed by atoms with Gasteiger partial charge >= 0.3 is 5.97 Å². The van der Waals surface area contributed by atoms with Crippen molar-refractivity contribution in [1.82, 2.24) is 0 Å². The van der Waals surface area contributed by atoms with Gasteiger partial charge in [-0.2, -0.15) is 0 Å². The highest BCUT2D eigenvalue weighted by molar-refractivity contribution is 6.27. The second kappa shape index (κ2) is 11.4. The minimum Gasteiger partial charge on any atom is -0.462 e. The lowest BCUT2D eigenvalue weighted by Crippen LogP contribution is -2.10. The summed E-state index contributed by atoms with van der Waals surface area (Å²) in [6, 6.07) is 6.23. The van der Waals surface area contributed by atoms with Gasteiger partial charge in [0.2, 0.25) is 0 Å². The van der Waals surface area contributed by atoms with Gasteiger partial charge in [-0.3, -0.25) is 20.2 Å². The van der Waals surface area contributed by atoms with Crippen molar-refractivity contribution in [3.05, 3.63) is 67.3 Å². The summed E-state index contributed by atoms with van der Waals surface area (Å²) in [6.45, 7) is 2.35. The summed E-state index contributed by atoms with van der Waals surface area (Å²) < 4.78 is 5.41. The number of fused-ring (bicyclic) bond motifs is 3. The number of oxime groups is 1. The van der Waals surface area contributed by atoms with E-state index in [2.05, 4.69) is 12.1 Å². The molecule has 0 amide bonds. The molecule has 2 aromatic carbocycles. The van der Waals surface area contributed by atoms with E-state index in [9.17, 15) is 30.2 Å². The van der Waals surface area contributed by atoms with Crippen LogP contribution >= 0.6 is 0 Å². The average Bonchev–Trinajstić information content (AvgIpc) is 3.14. The molecule has 1 N–H and O–H groups in total. The van der Waals surface area contributed by atoms with Gasteiger partial charge in [0.15, 0.2) is 0 Å². The Hall–Kier alpha value is -3.82. The van der Waals surface area contributed by atoms with Crippen LogP contribution in [0.3, 0.4) is 0 Å². The van der Waals surface area contributed by atoms with Gasteiger partial charge in [-0.15, -0.1) is 0 Å². The molecule has 10 heteroatoms. The molecule has 0 unspecified atom stereocenters. The summed E-state index contributed by atoms with van der Waals surface area (Å²) in [5.74, 6) is -0.730. The van der Waals surface area contributed by atoms with Gasteiger partial charge in [-0.1, -0.05) is 57.0 Å². The van der Waals surface area contributed by atoms with Gasteiger partial charge in [0, 0.05) is 41.0 Å². The van der Waals surface area contributed by atoms with Crippen LogP contribution in [0.1, 0.15) is 79.8 Å². The normalized spacial score (nSPS) is 12.9. The van der Waals surface area contributed by atoms with E-state index in [4.69, 9.17) is 4.74 Å². The minimum atomic E-state index is -0.730. The fraction of sp³-hybridized carbons (Fsp3) is 0.417. The Morgan fingerprint density at radius 3 is 2.12 bits per heavy atom. The SMILES string of the molecule is CCCCCCCCCCOC(=O)c1cc([N+](=O)[O-])cc2c1-c1ccc([N+](=O)[O-])cc1/C2=N/O. The van der Waals surface area contributed by atoms with Crippen molar-refractivity contribution in [1.29, 1.82) is 0 Å². The molecule has 0 aromatic heterocycles. The number of rotatable bonds is 12. The van der Waals surface area contributed by atoms with Crippen molar-refractivity contribution in [3.63, 3.8) is 0 Å². The summed E-state index contributed by atoms with van der Waals surface area (Å²) in [5.41, 5.74) is 0.330. The largest absolute Gasteiger partial charge is 0.462 e. The lowest BCUT2D eigenvalue weighted by Gasteiger charge is -2.10. The molecular weight excluding hydrogens is 442 g/mol. The third-order valence-corrected chi connectivity index (χ3v) is 5.88. The smallest absolute Gasteiger partial charge is 0.339 e. The highest BCUT2D eigenvalue weighted by Crippen LogP contribution is 2.43. The second-order valence-corrected chi connectivity index (χ2v) is 8.22. The molecule has 0 fully saturated rings. The fourth-order valence-corrected chi connectivity index (χ4v) is 4.16. The lowest BCUT2D eigenvalue weighted by atomic mass is 9.98. The molecule has 0 aliphatic heterocycles. The van der Waals surface area contributed by atoms with Crippen LogP contribution in [0.4, 0.5) is 11.4 Å². The first-order valence-electron chi connectivity index (χ1n) is 11.4. The van der Waals surface area contributed by atoms with Gasteiger partial charge in [-0.25, -0.2) is 4.79 Å². The van der Waals surface area contributed by atoms with Gasteiger partial charge in [0.05, 0.1) is 22.0 Å². The number of carbonyl (C=O) groups excluding carboxylic acids is 1. The van der Waals surface area contributed by atoms with E-state index in [0.29, 0.717) is 17.5 Å². The van der Waals surface area contributed by atoms with Crippen LogP contribution in [0.5, 0.6) is 0 Å². The number of ether oxygens (including phenoxy) is 1. The second-order valence-electron chi connectivity index (χ2n) is 8.22. The molecule has 0 saturated carbocycles. The van der Waals surface area contributed by atoms with E-state index < -0.39 is 15.8 Å². The molecule has 180 valence electrons.